The Labute approximate surface area is 177 Å². The highest BCUT2D eigenvalue weighted by molar-refractivity contribution is 5.80. The van der Waals surface area contributed by atoms with Crippen molar-refractivity contribution >= 4 is 16.9 Å². The van der Waals surface area contributed by atoms with E-state index in [-0.39, 0.29) is 24.4 Å². The second kappa shape index (κ2) is 10.1. The van der Waals surface area contributed by atoms with Gasteiger partial charge in [-0.25, -0.2) is 4.79 Å². The molecule has 4 N–H and O–H groups in total. The summed E-state index contributed by atoms with van der Waals surface area (Å²) in [5.74, 6) is -0.961. The van der Waals surface area contributed by atoms with Crippen LogP contribution in [-0.4, -0.2) is 63.7 Å². The molecule has 10 heteroatoms. The van der Waals surface area contributed by atoms with Gasteiger partial charge in [0.15, 0.2) is 11.5 Å². The van der Waals surface area contributed by atoms with Gasteiger partial charge in [0.05, 0.1) is 0 Å². The molecule has 5 atom stereocenters. The summed E-state index contributed by atoms with van der Waals surface area (Å²) in [6, 6.07) is 5.19. The highest BCUT2D eigenvalue weighted by Gasteiger charge is 2.45. The second-order valence-corrected chi connectivity index (χ2v) is 7.38. The smallest absolute Gasteiger partial charge is 0.336 e. The van der Waals surface area contributed by atoms with Gasteiger partial charge in [0, 0.05) is 23.9 Å². The number of aromatic hydroxyl groups is 1. The lowest BCUT2D eigenvalue weighted by molar-refractivity contribution is -0.278. The molecule has 0 spiro atoms. The summed E-state index contributed by atoms with van der Waals surface area (Å²) in [5.41, 5.74) is -0.457. The molecule has 0 saturated carbocycles. The molecule has 2 aromatic rings. The molecule has 0 aliphatic carbocycles. The molecule has 1 aromatic heterocycles. The van der Waals surface area contributed by atoms with E-state index in [1.165, 1.54) is 24.3 Å². The van der Waals surface area contributed by atoms with Crippen molar-refractivity contribution < 1.29 is 43.8 Å². The van der Waals surface area contributed by atoms with Crippen LogP contribution in [0.2, 0.25) is 0 Å². The predicted octanol–water partition coefficient (Wildman–Crippen LogP) is 0.808. The van der Waals surface area contributed by atoms with E-state index < -0.39 is 48.1 Å². The first-order chi connectivity index (χ1) is 14.8. The number of aliphatic hydroxyl groups is 3. The number of hydrogen-bond donors (Lipinski definition) is 4. The van der Waals surface area contributed by atoms with E-state index in [1.54, 1.807) is 0 Å². The maximum atomic E-state index is 11.8. The van der Waals surface area contributed by atoms with Crippen molar-refractivity contribution in [2.45, 2.75) is 63.3 Å². The van der Waals surface area contributed by atoms with Crippen molar-refractivity contribution in [1.82, 2.24) is 0 Å². The Balaban J connectivity index is 1.69. The summed E-state index contributed by atoms with van der Waals surface area (Å²) < 4.78 is 21.1. The van der Waals surface area contributed by atoms with E-state index in [0.29, 0.717) is 11.8 Å². The minimum absolute atomic E-state index is 0.107. The molecule has 3 rings (SSSR count). The topological polar surface area (TPSA) is 156 Å². The fourth-order valence-electron chi connectivity index (χ4n) is 3.22. The molecule has 170 valence electrons. The molecular weight excluding hydrogens is 412 g/mol. The van der Waals surface area contributed by atoms with Gasteiger partial charge < -0.3 is 39.1 Å². The van der Waals surface area contributed by atoms with E-state index in [0.717, 1.165) is 12.8 Å². The fraction of sp³-hybridized carbons (Fsp3) is 0.524. The van der Waals surface area contributed by atoms with Gasteiger partial charge in [0.25, 0.3) is 0 Å². The zero-order valence-corrected chi connectivity index (χ0v) is 17.0. The average molecular weight is 438 g/mol. The molecule has 1 saturated heterocycles. The summed E-state index contributed by atoms with van der Waals surface area (Å²) in [7, 11) is 0. The number of fused-ring (bicyclic) bond motifs is 1. The van der Waals surface area contributed by atoms with Crippen LogP contribution >= 0.6 is 0 Å². The minimum Gasteiger partial charge on any atom is -0.504 e. The number of phenols is 1. The van der Waals surface area contributed by atoms with Crippen LogP contribution in [0.5, 0.6) is 11.5 Å². The SMILES string of the molecule is CCCCCC(=O)OCC1OC(Oc2cc3ccc(=O)oc3cc2O)C(O)C(O)C1O. The Morgan fingerprint density at radius 2 is 1.87 bits per heavy atom. The molecule has 1 aromatic carbocycles. The number of carbonyl (C=O) groups excluding carboxylic acids is 1. The molecule has 10 nitrogen and oxygen atoms in total. The van der Waals surface area contributed by atoms with Gasteiger partial charge in [-0.1, -0.05) is 19.8 Å². The van der Waals surface area contributed by atoms with Crippen molar-refractivity contribution in [2.75, 3.05) is 6.61 Å². The third-order valence-electron chi connectivity index (χ3n) is 5.01. The van der Waals surface area contributed by atoms with Gasteiger partial charge in [0.1, 0.15) is 36.6 Å². The monoisotopic (exact) mass is 438 g/mol. The Bertz CT molecular complexity index is 955. The van der Waals surface area contributed by atoms with E-state index >= 15 is 0 Å². The van der Waals surface area contributed by atoms with Crippen molar-refractivity contribution in [3.8, 4) is 11.5 Å². The van der Waals surface area contributed by atoms with Gasteiger partial charge in [-0.15, -0.1) is 0 Å². The number of phenolic OH excluding ortho intramolecular Hbond substituents is 1. The van der Waals surface area contributed by atoms with Crippen LogP contribution in [0.15, 0.2) is 33.5 Å². The number of unbranched alkanes of at least 4 members (excludes halogenated alkanes) is 2. The van der Waals surface area contributed by atoms with Gasteiger partial charge >= 0.3 is 11.6 Å². The summed E-state index contributed by atoms with van der Waals surface area (Å²) in [6.07, 6.45) is -4.68. The molecule has 2 heterocycles. The summed E-state index contributed by atoms with van der Waals surface area (Å²) in [6.45, 7) is 1.66. The third-order valence-corrected chi connectivity index (χ3v) is 5.01. The van der Waals surface area contributed by atoms with Crippen LogP contribution < -0.4 is 10.4 Å². The molecule has 1 fully saturated rings. The van der Waals surface area contributed by atoms with Crippen LogP contribution in [0.1, 0.15) is 32.6 Å². The number of rotatable bonds is 8. The Morgan fingerprint density at radius 1 is 1.10 bits per heavy atom. The first-order valence-corrected chi connectivity index (χ1v) is 10.1. The van der Waals surface area contributed by atoms with Crippen molar-refractivity contribution in [2.24, 2.45) is 0 Å². The molecular formula is C21H26O10. The van der Waals surface area contributed by atoms with Crippen molar-refractivity contribution in [1.29, 1.82) is 0 Å². The Hall–Kier alpha value is -2.66. The van der Waals surface area contributed by atoms with Crippen LogP contribution in [0.4, 0.5) is 0 Å². The number of ether oxygens (including phenoxy) is 3. The first kappa shape index (κ1) is 23.0. The van der Waals surface area contributed by atoms with Crippen molar-refractivity contribution in [3.05, 3.63) is 34.7 Å². The largest absolute Gasteiger partial charge is 0.504 e. The van der Waals surface area contributed by atoms with Crippen molar-refractivity contribution in [3.63, 3.8) is 0 Å². The predicted molar refractivity (Wildman–Crippen MR) is 107 cm³/mol. The lowest BCUT2D eigenvalue weighted by atomic mass is 9.99. The molecule has 1 aliphatic heterocycles. The lowest BCUT2D eigenvalue weighted by Gasteiger charge is -2.39. The summed E-state index contributed by atoms with van der Waals surface area (Å²) >= 11 is 0. The minimum atomic E-state index is -1.64. The number of hydrogen-bond acceptors (Lipinski definition) is 10. The van der Waals surface area contributed by atoms with E-state index in [1.807, 2.05) is 6.92 Å². The number of benzene rings is 1. The normalized spacial score (nSPS) is 26.0. The van der Waals surface area contributed by atoms with Gasteiger partial charge in [-0.2, -0.15) is 0 Å². The third kappa shape index (κ3) is 5.53. The number of aliphatic hydroxyl groups excluding tert-OH is 3. The summed E-state index contributed by atoms with van der Waals surface area (Å²) in [4.78, 5) is 23.1. The summed E-state index contributed by atoms with van der Waals surface area (Å²) in [5, 5.41) is 41.2. The lowest BCUT2D eigenvalue weighted by Crippen LogP contribution is -2.60. The molecule has 0 amide bonds. The van der Waals surface area contributed by atoms with Crippen LogP contribution in [0, 0.1) is 0 Å². The van der Waals surface area contributed by atoms with E-state index in [2.05, 4.69) is 0 Å². The van der Waals surface area contributed by atoms with Gasteiger partial charge in [0.2, 0.25) is 6.29 Å². The fourth-order valence-corrected chi connectivity index (χ4v) is 3.22. The maximum absolute atomic E-state index is 11.8. The van der Waals surface area contributed by atoms with E-state index in [4.69, 9.17) is 18.6 Å². The Kier molecular flexibility index (Phi) is 7.50. The number of esters is 1. The van der Waals surface area contributed by atoms with Gasteiger partial charge in [-0.05, 0) is 18.6 Å². The van der Waals surface area contributed by atoms with Crippen LogP contribution in [-0.2, 0) is 14.3 Å². The Morgan fingerprint density at radius 3 is 2.61 bits per heavy atom. The second-order valence-electron chi connectivity index (χ2n) is 7.38. The number of carbonyl (C=O) groups is 1. The highest BCUT2D eigenvalue weighted by Crippen LogP contribution is 2.33. The van der Waals surface area contributed by atoms with Gasteiger partial charge in [-0.3, -0.25) is 4.79 Å². The molecule has 1 aliphatic rings. The average Bonchev–Trinajstić information content (AvgIpc) is 2.74. The zero-order valence-electron chi connectivity index (χ0n) is 17.0. The molecule has 5 unspecified atom stereocenters. The quantitative estimate of drug-likeness (QED) is 0.264. The van der Waals surface area contributed by atoms with Crippen LogP contribution in [0.3, 0.4) is 0 Å². The highest BCUT2D eigenvalue weighted by atomic mass is 16.7. The zero-order chi connectivity index (χ0) is 22.5. The maximum Gasteiger partial charge on any atom is 0.336 e. The van der Waals surface area contributed by atoms with E-state index in [9.17, 15) is 30.0 Å². The molecule has 0 radical (unpaired) electrons. The standard InChI is InChI=1S/C21H26O10/c1-2-3-4-5-16(23)28-10-15-18(25)19(26)20(27)21(31-15)30-14-8-11-6-7-17(24)29-13(11)9-12(14)22/h6-9,15,18-22,25-27H,2-5,10H2,1H3. The van der Waals surface area contributed by atoms with Crippen LogP contribution in [0.25, 0.3) is 11.0 Å². The first-order valence-electron chi connectivity index (χ1n) is 10.1. The molecule has 0 bridgehead atoms. The molecule has 31 heavy (non-hydrogen) atoms.